The molecule has 2 rings (SSSR count). The van der Waals surface area contributed by atoms with Gasteiger partial charge >= 0.3 is 0 Å². The van der Waals surface area contributed by atoms with Gasteiger partial charge in [0.15, 0.2) is 0 Å². The van der Waals surface area contributed by atoms with E-state index in [1.807, 2.05) is 12.4 Å². The van der Waals surface area contributed by atoms with Gasteiger partial charge in [-0.25, -0.2) is 0 Å². The summed E-state index contributed by atoms with van der Waals surface area (Å²) in [5, 5.41) is 3.38. The highest BCUT2D eigenvalue weighted by Crippen LogP contribution is 2.23. The number of hydrogen-bond donors (Lipinski definition) is 1. The fraction of sp³-hybridized carbons (Fsp3) is 0.643. The monoisotopic (exact) mass is 249 g/mol. The Hall–Kier alpha value is -1.29. The molecule has 1 aliphatic rings. The van der Waals surface area contributed by atoms with Gasteiger partial charge in [-0.1, -0.05) is 6.92 Å². The number of rotatable bonds is 4. The molecule has 0 bridgehead atoms. The molecule has 0 aromatic carbocycles. The van der Waals surface area contributed by atoms with Crippen molar-refractivity contribution in [2.24, 2.45) is 0 Å². The van der Waals surface area contributed by atoms with Gasteiger partial charge in [-0.05, 0) is 26.3 Å². The number of pyridine rings is 1. The molecule has 0 radical (unpaired) electrons. The Morgan fingerprint density at radius 2 is 2.28 bits per heavy atom. The summed E-state index contributed by atoms with van der Waals surface area (Å²) in [5.74, 6) is 0. The van der Waals surface area contributed by atoms with Gasteiger partial charge in [0.1, 0.15) is 0 Å². The molecular weight excluding hydrogens is 226 g/mol. The summed E-state index contributed by atoms with van der Waals surface area (Å²) < 4.78 is 5.66. The summed E-state index contributed by atoms with van der Waals surface area (Å²) in [6, 6.07) is 2.58. The van der Waals surface area contributed by atoms with E-state index in [1.165, 1.54) is 5.69 Å². The molecule has 0 saturated carbocycles. The van der Waals surface area contributed by atoms with Crippen LogP contribution in [0.15, 0.2) is 18.5 Å². The maximum atomic E-state index is 5.66. The summed E-state index contributed by atoms with van der Waals surface area (Å²) in [5.41, 5.74) is 2.28. The predicted molar refractivity (Wildman–Crippen MR) is 75.2 cm³/mol. The Morgan fingerprint density at radius 1 is 1.44 bits per heavy atom. The molecule has 2 heterocycles. The van der Waals surface area contributed by atoms with E-state index in [9.17, 15) is 0 Å². The maximum absolute atomic E-state index is 5.66. The van der Waals surface area contributed by atoms with E-state index in [2.05, 4.69) is 42.0 Å². The van der Waals surface area contributed by atoms with Gasteiger partial charge in [-0.2, -0.15) is 0 Å². The first-order chi connectivity index (χ1) is 8.70. The third-order valence-electron chi connectivity index (χ3n) is 3.24. The van der Waals surface area contributed by atoms with E-state index in [0.717, 1.165) is 31.8 Å². The van der Waals surface area contributed by atoms with Gasteiger partial charge in [-0.3, -0.25) is 4.98 Å². The van der Waals surface area contributed by atoms with Crippen molar-refractivity contribution in [1.29, 1.82) is 0 Å². The van der Waals surface area contributed by atoms with E-state index in [4.69, 9.17) is 4.74 Å². The molecule has 18 heavy (non-hydrogen) atoms. The van der Waals surface area contributed by atoms with Crippen LogP contribution in [0.5, 0.6) is 0 Å². The smallest absolute Gasteiger partial charge is 0.0723 e. The predicted octanol–water partition coefficient (Wildman–Crippen LogP) is 2.52. The highest BCUT2D eigenvalue weighted by Gasteiger charge is 2.23. The quantitative estimate of drug-likeness (QED) is 0.889. The number of nitrogens with one attached hydrogen (secondary N) is 1. The van der Waals surface area contributed by atoms with Crippen molar-refractivity contribution in [3.05, 3.63) is 18.5 Å². The number of nitrogens with zero attached hydrogens (tertiary/aromatic N) is 2. The number of ether oxygens (including phenoxy) is 1. The number of hydrogen-bond acceptors (Lipinski definition) is 4. The van der Waals surface area contributed by atoms with Crippen molar-refractivity contribution in [1.82, 2.24) is 4.98 Å². The minimum absolute atomic E-state index is 0.286. The molecule has 2 atom stereocenters. The molecule has 4 heteroatoms. The lowest BCUT2D eigenvalue weighted by molar-refractivity contribution is 0.0343. The molecule has 0 amide bonds. The molecule has 1 N–H and O–H groups in total. The van der Waals surface area contributed by atoms with Crippen LogP contribution in [0.25, 0.3) is 0 Å². The summed E-state index contributed by atoms with van der Waals surface area (Å²) in [7, 11) is 0. The minimum atomic E-state index is 0.286. The lowest BCUT2D eigenvalue weighted by Gasteiger charge is -2.38. The van der Waals surface area contributed by atoms with Gasteiger partial charge in [0.05, 0.1) is 36.5 Å². The number of aromatic nitrogens is 1. The topological polar surface area (TPSA) is 37.4 Å². The molecular formula is C14H23N3O. The highest BCUT2D eigenvalue weighted by molar-refractivity contribution is 5.56. The zero-order valence-electron chi connectivity index (χ0n) is 11.5. The van der Waals surface area contributed by atoms with Crippen LogP contribution in [0.1, 0.15) is 27.2 Å². The average molecular weight is 249 g/mol. The second-order valence-electron chi connectivity index (χ2n) is 5.00. The average Bonchev–Trinajstić information content (AvgIpc) is 2.39. The van der Waals surface area contributed by atoms with Crippen LogP contribution in [0.2, 0.25) is 0 Å². The first-order valence-corrected chi connectivity index (χ1v) is 6.78. The Labute approximate surface area is 109 Å². The van der Waals surface area contributed by atoms with Gasteiger partial charge in [0.25, 0.3) is 0 Å². The molecule has 1 aromatic rings. The SMILES string of the molecule is CCCNc1cncc(N2CC(C)OCC2C)c1. The van der Waals surface area contributed by atoms with E-state index >= 15 is 0 Å². The van der Waals surface area contributed by atoms with Gasteiger partial charge in [-0.15, -0.1) is 0 Å². The van der Waals surface area contributed by atoms with Crippen LogP contribution in [0.4, 0.5) is 11.4 Å². The Kier molecular flexibility index (Phi) is 4.42. The molecule has 100 valence electrons. The van der Waals surface area contributed by atoms with Crippen molar-refractivity contribution in [2.45, 2.75) is 39.3 Å². The molecule has 1 aromatic heterocycles. The molecule has 0 aliphatic carbocycles. The molecule has 0 spiro atoms. The van der Waals surface area contributed by atoms with E-state index in [0.29, 0.717) is 6.04 Å². The van der Waals surface area contributed by atoms with Crippen LogP contribution >= 0.6 is 0 Å². The highest BCUT2D eigenvalue weighted by atomic mass is 16.5. The summed E-state index contributed by atoms with van der Waals surface area (Å²) >= 11 is 0. The fourth-order valence-corrected chi connectivity index (χ4v) is 2.21. The maximum Gasteiger partial charge on any atom is 0.0723 e. The summed E-state index contributed by atoms with van der Waals surface area (Å²) in [6.07, 6.45) is 5.22. The Morgan fingerprint density at radius 3 is 3.06 bits per heavy atom. The van der Waals surface area contributed by atoms with E-state index in [-0.39, 0.29) is 6.10 Å². The van der Waals surface area contributed by atoms with Gasteiger partial charge in [0, 0.05) is 19.1 Å². The van der Waals surface area contributed by atoms with E-state index in [1.54, 1.807) is 0 Å². The fourth-order valence-electron chi connectivity index (χ4n) is 2.21. The third kappa shape index (κ3) is 3.13. The van der Waals surface area contributed by atoms with Crippen molar-refractivity contribution >= 4 is 11.4 Å². The third-order valence-corrected chi connectivity index (χ3v) is 3.24. The van der Waals surface area contributed by atoms with Crippen LogP contribution in [0.3, 0.4) is 0 Å². The van der Waals surface area contributed by atoms with E-state index < -0.39 is 0 Å². The molecule has 1 aliphatic heterocycles. The van der Waals surface area contributed by atoms with Crippen LogP contribution in [0, 0.1) is 0 Å². The van der Waals surface area contributed by atoms with Crippen LogP contribution in [-0.2, 0) is 4.74 Å². The minimum Gasteiger partial charge on any atom is -0.384 e. The first-order valence-electron chi connectivity index (χ1n) is 6.78. The van der Waals surface area contributed by atoms with Crippen molar-refractivity contribution in [3.8, 4) is 0 Å². The van der Waals surface area contributed by atoms with Crippen molar-refractivity contribution in [3.63, 3.8) is 0 Å². The number of anilines is 2. The molecule has 2 unspecified atom stereocenters. The molecule has 1 saturated heterocycles. The summed E-state index contributed by atoms with van der Waals surface area (Å²) in [6.45, 7) is 9.17. The first kappa shape index (κ1) is 13.1. The zero-order chi connectivity index (χ0) is 13.0. The lowest BCUT2D eigenvalue weighted by Crippen LogP contribution is -2.47. The summed E-state index contributed by atoms with van der Waals surface area (Å²) in [4.78, 5) is 6.70. The molecule has 4 nitrogen and oxygen atoms in total. The van der Waals surface area contributed by atoms with Crippen molar-refractivity contribution in [2.75, 3.05) is 29.9 Å². The van der Waals surface area contributed by atoms with Gasteiger partial charge < -0.3 is 15.0 Å². The largest absolute Gasteiger partial charge is 0.384 e. The standard InChI is InChI=1S/C14H23N3O/c1-4-5-16-13-6-14(8-15-7-13)17-9-12(3)18-10-11(17)2/h6-8,11-12,16H,4-5,9-10H2,1-3H3. The zero-order valence-corrected chi connectivity index (χ0v) is 11.5. The Bertz CT molecular complexity index is 383. The molecule has 1 fully saturated rings. The van der Waals surface area contributed by atoms with Crippen molar-refractivity contribution < 1.29 is 4.74 Å². The normalized spacial score (nSPS) is 24.1. The van der Waals surface area contributed by atoms with Crippen LogP contribution in [-0.4, -0.2) is 36.8 Å². The van der Waals surface area contributed by atoms with Gasteiger partial charge in [0.2, 0.25) is 0 Å². The van der Waals surface area contributed by atoms with Crippen LogP contribution < -0.4 is 10.2 Å². The second-order valence-corrected chi connectivity index (χ2v) is 5.00. The number of morpholine rings is 1. The Balaban J connectivity index is 2.11. The second kappa shape index (κ2) is 6.05. The lowest BCUT2D eigenvalue weighted by atomic mass is 10.2.